The van der Waals surface area contributed by atoms with Crippen LogP contribution < -0.4 is 5.32 Å². The number of carbonyl (C=O) groups excluding carboxylic acids is 3. The lowest BCUT2D eigenvalue weighted by Crippen LogP contribution is -2.45. The molecule has 0 radical (unpaired) electrons. The number of benzene rings is 1. The molecule has 1 rings (SSSR count). The maximum atomic E-state index is 11.7. The molecule has 8 nitrogen and oxygen atoms in total. The predicted octanol–water partition coefficient (Wildman–Crippen LogP) is 0.378. The van der Waals surface area contributed by atoms with Crippen molar-refractivity contribution < 1.29 is 33.7 Å². The SMILES string of the molecule is COC(=O)[C@H](O)C[C@H](NC(=O)OCc1ccccc1)C(=O)OC. The van der Waals surface area contributed by atoms with Crippen molar-refractivity contribution in [2.24, 2.45) is 0 Å². The summed E-state index contributed by atoms with van der Waals surface area (Å²) < 4.78 is 13.8. The first-order valence-corrected chi connectivity index (χ1v) is 6.78. The minimum atomic E-state index is -1.57. The number of hydrogen-bond donors (Lipinski definition) is 2. The van der Waals surface area contributed by atoms with Gasteiger partial charge in [0.1, 0.15) is 12.6 Å². The van der Waals surface area contributed by atoms with Gasteiger partial charge in [-0.2, -0.15) is 0 Å². The van der Waals surface area contributed by atoms with Gasteiger partial charge in [-0.3, -0.25) is 0 Å². The normalized spacial score (nSPS) is 12.7. The highest BCUT2D eigenvalue weighted by Gasteiger charge is 2.29. The molecule has 0 heterocycles. The Balaban J connectivity index is 2.57. The molecule has 8 heteroatoms. The van der Waals surface area contributed by atoms with E-state index in [0.29, 0.717) is 0 Å². The first-order valence-electron chi connectivity index (χ1n) is 6.78. The van der Waals surface area contributed by atoms with Crippen molar-refractivity contribution in [3.05, 3.63) is 35.9 Å². The molecule has 23 heavy (non-hydrogen) atoms. The van der Waals surface area contributed by atoms with E-state index in [-0.39, 0.29) is 13.0 Å². The number of aliphatic hydroxyl groups is 1. The molecule has 126 valence electrons. The molecule has 0 saturated carbocycles. The maximum Gasteiger partial charge on any atom is 0.408 e. The Hall–Kier alpha value is -2.61. The number of esters is 2. The zero-order valence-corrected chi connectivity index (χ0v) is 12.9. The first-order chi connectivity index (χ1) is 11.0. The Bertz CT molecular complexity index is 532. The molecule has 0 aliphatic heterocycles. The summed E-state index contributed by atoms with van der Waals surface area (Å²) in [7, 11) is 2.22. The fourth-order valence-corrected chi connectivity index (χ4v) is 1.72. The second-order valence-electron chi connectivity index (χ2n) is 4.56. The van der Waals surface area contributed by atoms with Gasteiger partial charge in [-0.15, -0.1) is 0 Å². The Labute approximate surface area is 133 Å². The smallest absolute Gasteiger partial charge is 0.408 e. The van der Waals surface area contributed by atoms with E-state index in [4.69, 9.17) is 4.74 Å². The summed E-state index contributed by atoms with van der Waals surface area (Å²) >= 11 is 0. The summed E-state index contributed by atoms with van der Waals surface area (Å²) in [4.78, 5) is 34.5. The number of nitrogens with one attached hydrogen (secondary N) is 1. The summed E-state index contributed by atoms with van der Waals surface area (Å²) in [6, 6.07) is 7.71. The van der Waals surface area contributed by atoms with Crippen molar-refractivity contribution in [2.75, 3.05) is 14.2 Å². The number of aliphatic hydroxyl groups excluding tert-OH is 1. The fraction of sp³-hybridized carbons (Fsp3) is 0.400. The topological polar surface area (TPSA) is 111 Å². The fourth-order valence-electron chi connectivity index (χ4n) is 1.72. The average Bonchev–Trinajstić information content (AvgIpc) is 2.58. The van der Waals surface area contributed by atoms with Crippen LogP contribution in [-0.4, -0.2) is 49.5 Å². The van der Waals surface area contributed by atoms with Crippen LogP contribution in [0.15, 0.2) is 30.3 Å². The van der Waals surface area contributed by atoms with E-state index < -0.39 is 30.2 Å². The maximum absolute atomic E-state index is 11.7. The second-order valence-corrected chi connectivity index (χ2v) is 4.56. The van der Waals surface area contributed by atoms with Crippen LogP contribution in [0.4, 0.5) is 4.79 Å². The second kappa shape index (κ2) is 9.42. The van der Waals surface area contributed by atoms with Crippen LogP contribution in [0.3, 0.4) is 0 Å². The molecule has 0 unspecified atom stereocenters. The van der Waals surface area contributed by atoms with Gasteiger partial charge in [0.15, 0.2) is 6.10 Å². The third-order valence-corrected chi connectivity index (χ3v) is 2.92. The molecule has 1 amide bonds. The molecule has 1 aromatic carbocycles. The largest absolute Gasteiger partial charge is 0.467 e. The van der Waals surface area contributed by atoms with E-state index in [0.717, 1.165) is 19.8 Å². The van der Waals surface area contributed by atoms with Crippen molar-refractivity contribution in [3.63, 3.8) is 0 Å². The quantitative estimate of drug-likeness (QED) is 0.550. The molecular weight excluding hydrogens is 306 g/mol. The van der Waals surface area contributed by atoms with Crippen molar-refractivity contribution >= 4 is 18.0 Å². The van der Waals surface area contributed by atoms with Crippen LogP contribution in [-0.2, 0) is 30.4 Å². The van der Waals surface area contributed by atoms with Crippen molar-refractivity contribution in [1.29, 1.82) is 0 Å². The lowest BCUT2D eigenvalue weighted by atomic mass is 10.1. The van der Waals surface area contributed by atoms with Crippen LogP contribution in [0.25, 0.3) is 0 Å². The van der Waals surface area contributed by atoms with E-state index in [1.54, 1.807) is 24.3 Å². The monoisotopic (exact) mass is 325 g/mol. The number of ether oxygens (including phenoxy) is 3. The zero-order chi connectivity index (χ0) is 17.2. The van der Waals surface area contributed by atoms with E-state index in [1.165, 1.54) is 0 Å². The summed E-state index contributed by atoms with van der Waals surface area (Å²) in [5.74, 6) is -1.73. The van der Waals surface area contributed by atoms with Gasteiger partial charge in [0, 0.05) is 6.42 Å². The van der Waals surface area contributed by atoms with Gasteiger partial charge < -0.3 is 24.6 Å². The summed E-state index contributed by atoms with van der Waals surface area (Å²) in [6.07, 6.45) is -2.83. The van der Waals surface area contributed by atoms with Crippen LogP contribution in [0, 0.1) is 0 Å². The number of methoxy groups -OCH3 is 2. The van der Waals surface area contributed by atoms with Gasteiger partial charge in [0.2, 0.25) is 0 Å². The van der Waals surface area contributed by atoms with E-state index in [1.807, 2.05) is 6.07 Å². The molecule has 0 aliphatic rings. The standard InChI is InChI=1S/C15H19NO7/c1-21-13(18)11(8-12(17)14(19)22-2)16-15(20)23-9-10-6-4-3-5-7-10/h3-7,11-12,17H,8-9H2,1-2H3,(H,16,20)/t11-,12+/m0/s1. The Morgan fingerprint density at radius 1 is 1.09 bits per heavy atom. The molecule has 0 spiro atoms. The minimum absolute atomic E-state index is 0.0140. The van der Waals surface area contributed by atoms with Crippen LogP contribution in [0.2, 0.25) is 0 Å². The molecule has 0 fully saturated rings. The Morgan fingerprint density at radius 3 is 2.26 bits per heavy atom. The van der Waals surface area contributed by atoms with E-state index >= 15 is 0 Å². The van der Waals surface area contributed by atoms with Gasteiger partial charge in [-0.25, -0.2) is 14.4 Å². The highest BCUT2D eigenvalue weighted by atomic mass is 16.6. The number of rotatable bonds is 7. The molecule has 0 saturated heterocycles. The van der Waals surface area contributed by atoms with Gasteiger partial charge in [-0.05, 0) is 5.56 Å². The molecular formula is C15H19NO7. The number of amides is 1. The lowest BCUT2D eigenvalue weighted by Gasteiger charge is -2.18. The van der Waals surface area contributed by atoms with Gasteiger partial charge >= 0.3 is 18.0 Å². The molecule has 0 bridgehead atoms. The van der Waals surface area contributed by atoms with Crippen LogP contribution >= 0.6 is 0 Å². The molecule has 1 aromatic rings. The summed E-state index contributed by atoms with van der Waals surface area (Å²) in [5.41, 5.74) is 0.770. The Morgan fingerprint density at radius 2 is 1.70 bits per heavy atom. The first kappa shape index (κ1) is 18.4. The summed E-state index contributed by atoms with van der Waals surface area (Å²) in [6.45, 7) is 0.0140. The third kappa shape index (κ3) is 6.35. The predicted molar refractivity (Wildman–Crippen MR) is 78.2 cm³/mol. The van der Waals surface area contributed by atoms with Crippen molar-refractivity contribution in [1.82, 2.24) is 5.32 Å². The highest BCUT2D eigenvalue weighted by Crippen LogP contribution is 2.05. The molecule has 2 atom stereocenters. The van der Waals surface area contributed by atoms with E-state index in [9.17, 15) is 19.5 Å². The van der Waals surface area contributed by atoms with Gasteiger partial charge in [0.25, 0.3) is 0 Å². The van der Waals surface area contributed by atoms with Crippen LogP contribution in [0.5, 0.6) is 0 Å². The lowest BCUT2D eigenvalue weighted by molar-refractivity contribution is -0.152. The third-order valence-electron chi connectivity index (χ3n) is 2.92. The van der Waals surface area contributed by atoms with Gasteiger partial charge in [-0.1, -0.05) is 30.3 Å². The number of carbonyl (C=O) groups is 3. The molecule has 2 N–H and O–H groups in total. The van der Waals surface area contributed by atoms with Crippen molar-refractivity contribution in [3.8, 4) is 0 Å². The molecule has 0 aliphatic carbocycles. The van der Waals surface area contributed by atoms with Gasteiger partial charge in [0.05, 0.1) is 14.2 Å². The molecule has 0 aromatic heterocycles. The summed E-state index contributed by atoms with van der Waals surface area (Å²) in [5, 5.41) is 11.8. The minimum Gasteiger partial charge on any atom is -0.467 e. The number of hydrogen-bond acceptors (Lipinski definition) is 7. The average molecular weight is 325 g/mol. The van der Waals surface area contributed by atoms with Crippen LogP contribution in [0.1, 0.15) is 12.0 Å². The van der Waals surface area contributed by atoms with Crippen molar-refractivity contribution in [2.45, 2.75) is 25.2 Å². The Kier molecular flexibility index (Phi) is 7.55. The number of alkyl carbamates (subject to hydrolysis) is 1. The zero-order valence-electron chi connectivity index (χ0n) is 12.9. The highest BCUT2D eigenvalue weighted by molar-refractivity contribution is 5.82. The van der Waals surface area contributed by atoms with E-state index in [2.05, 4.69) is 14.8 Å².